The number of aliphatic hydroxyl groups is 1. The van der Waals surface area contributed by atoms with Crippen LogP contribution in [-0.2, 0) is 0 Å². The standard InChI is InChI=1S/C15H19N3O3/c1-11(10-19)9-16-15(20)14-7-8-18(17-14)12-3-5-13(21-2)6-4-12/h3-8,11,19H,9-10H2,1-2H3,(H,16,20). The number of ether oxygens (including phenoxy) is 1. The number of carbonyl (C=O) groups excluding carboxylic acids is 1. The molecule has 1 amide bonds. The fraction of sp³-hybridized carbons (Fsp3) is 0.333. The molecular formula is C15H19N3O3. The van der Waals surface area contributed by atoms with Crippen LogP contribution in [0, 0.1) is 5.92 Å². The van der Waals surface area contributed by atoms with Gasteiger partial charge < -0.3 is 15.2 Å². The van der Waals surface area contributed by atoms with Crippen molar-refractivity contribution in [1.82, 2.24) is 15.1 Å². The molecule has 0 fully saturated rings. The van der Waals surface area contributed by atoms with E-state index in [9.17, 15) is 4.79 Å². The van der Waals surface area contributed by atoms with Gasteiger partial charge in [-0.3, -0.25) is 4.79 Å². The first-order valence-electron chi connectivity index (χ1n) is 6.73. The average molecular weight is 289 g/mol. The molecule has 1 heterocycles. The molecule has 2 aromatic rings. The SMILES string of the molecule is COc1ccc(-n2ccc(C(=O)NCC(C)CO)n2)cc1. The van der Waals surface area contributed by atoms with E-state index in [1.165, 1.54) is 0 Å². The Bertz CT molecular complexity index is 592. The van der Waals surface area contributed by atoms with E-state index in [1.54, 1.807) is 24.1 Å². The summed E-state index contributed by atoms with van der Waals surface area (Å²) < 4.78 is 6.73. The van der Waals surface area contributed by atoms with Crippen LogP contribution in [0.5, 0.6) is 5.75 Å². The third-order valence-electron chi connectivity index (χ3n) is 3.08. The molecule has 0 saturated carbocycles. The lowest BCUT2D eigenvalue weighted by atomic mass is 10.2. The number of amides is 1. The van der Waals surface area contributed by atoms with Gasteiger partial charge in [-0.25, -0.2) is 4.68 Å². The highest BCUT2D eigenvalue weighted by Gasteiger charge is 2.11. The minimum absolute atomic E-state index is 0.0256. The second kappa shape index (κ2) is 6.90. The van der Waals surface area contributed by atoms with Crippen LogP contribution in [0.3, 0.4) is 0 Å². The van der Waals surface area contributed by atoms with Crippen molar-refractivity contribution < 1.29 is 14.6 Å². The maximum absolute atomic E-state index is 11.9. The van der Waals surface area contributed by atoms with E-state index >= 15 is 0 Å². The van der Waals surface area contributed by atoms with Crippen LogP contribution in [-0.4, -0.2) is 41.1 Å². The number of hydrogen-bond donors (Lipinski definition) is 2. The largest absolute Gasteiger partial charge is 0.497 e. The molecule has 0 saturated heterocycles. The molecular weight excluding hydrogens is 270 g/mol. The van der Waals surface area contributed by atoms with E-state index in [4.69, 9.17) is 9.84 Å². The second-order valence-electron chi connectivity index (χ2n) is 4.84. The Labute approximate surface area is 123 Å². The topological polar surface area (TPSA) is 76.4 Å². The number of carbonyl (C=O) groups is 1. The molecule has 1 atom stereocenters. The van der Waals surface area contributed by atoms with Gasteiger partial charge in [0.15, 0.2) is 5.69 Å². The summed E-state index contributed by atoms with van der Waals surface area (Å²) in [5.74, 6) is 0.544. The third kappa shape index (κ3) is 3.82. The number of rotatable bonds is 6. The summed E-state index contributed by atoms with van der Waals surface area (Å²) in [6.07, 6.45) is 1.73. The van der Waals surface area contributed by atoms with Crippen molar-refractivity contribution in [3.8, 4) is 11.4 Å². The normalized spacial score (nSPS) is 12.0. The molecule has 112 valence electrons. The Morgan fingerprint density at radius 3 is 2.71 bits per heavy atom. The van der Waals surface area contributed by atoms with Crippen LogP contribution in [0.25, 0.3) is 5.69 Å². The molecule has 0 aliphatic heterocycles. The summed E-state index contributed by atoms with van der Waals surface area (Å²) in [7, 11) is 1.61. The van der Waals surface area contributed by atoms with E-state index in [0.29, 0.717) is 12.2 Å². The van der Waals surface area contributed by atoms with Gasteiger partial charge in [-0.05, 0) is 36.2 Å². The smallest absolute Gasteiger partial charge is 0.271 e. The molecule has 0 radical (unpaired) electrons. The van der Waals surface area contributed by atoms with E-state index < -0.39 is 0 Å². The second-order valence-corrected chi connectivity index (χ2v) is 4.84. The van der Waals surface area contributed by atoms with Crippen LogP contribution in [0.4, 0.5) is 0 Å². The van der Waals surface area contributed by atoms with Gasteiger partial charge in [0.1, 0.15) is 5.75 Å². The van der Waals surface area contributed by atoms with Crippen LogP contribution in [0.15, 0.2) is 36.5 Å². The minimum atomic E-state index is -0.248. The van der Waals surface area contributed by atoms with Crippen LogP contribution < -0.4 is 10.1 Å². The summed E-state index contributed by atoms with van der Waals surface area (Å²) >= 11 is 0. The van der Waals surface area contributed by atoms with Gasteiger partial charge in [0, 0.05) is 19.3 Å². The molecule has 6 heteroatoms. The Balaban J connectivity index is 2.04. The highest BCUT2D eigenvalue weighted by molar-refractivity contribution is 5.92. The van der Waals surface area contributed by atoms with Crippen molar-refractivity contribution in [3.05, 3.63) is 42.2 Å². The Morgan fingerprint density at radius 2 is 2.10 bits per heavy atom. The highest BCUT2D eigenvalue weighted by Crippen LogP contribution is 2.14. The summed E-state index contributed by atoms with van der Waals surface area (Å²) in [5, 5.41) is 15.9. The predicted octanol–water partition coefficient (Wildman–Crippen LogP) is 1.24. The Hall–Kier alpha value is -2.34. The first kappa shape index (κ1) is 15.1. The van der Waals surface area contributed by atoms with Gasteiger partial charge in [0.25, 0.3) is 5.91 Å². The van der Waals surface area contributed by atoms with Crippen molar-refractivity contribution in [2.24, 2.45) is 5.92 Å². The first-order valence-corrected chi connectivity index (χ1v) is 6.73. The number of hydrogen-bond acceptors (Lipinski definition) is 4. The molecule has 1 unspecified atom stereocenters. The molecule has 6 nitrogen and oxygen atoms in total. The van der Waals surface area contributed by atoms with Crippen molar-refractivity contribution >= 4 is 5.91 Å². The number of methoxy groups -OCH3 is 1. The van der Waals surface area contributed by atoms with Gasteiger partial charge in [0.05, 0.1) is 12.8 Å². The number of aromatic nitrogens is 2. The van der Waals surface area contributed by atoms with E-state index in [0.717, 1.165) is 11.4 Å². The zero-order valence-electron chi connectivity index (χ0n) is 12.1. The fourth-order valence-corrected chi connectivity index (χ4v) is 1.75. The van der Waals surface area contributed by atoms with Crippen LogP contribution >= 0.6 is 0 Å². The lowest BCUT2D eigenvalue weighted by molar-refractivity contribution is 0.0937. The van der Waals surface area contributed by atoms with Gasteiger partial charge in [0.2, 0.25) is 0 Å². The van der Waals surface area contributed by atoms with E-state index in [1.807, 2.05) is 31.2 Å². The van der Waals surface area contributed by atoms with Crippen molar-refractivity contribution in [2.45, 2.75) is 6.92 Å². The molecule has 0 spiro atoms. The lowest BCUT2D eigenvalue weighted by Gasteiger charge is -2.08. The molecule has 0 aliphatic rings. The minimum Gasteiger partial charge on any atom is -0.497 e. The Morgan fingerprint density at radius 1 is 1.38 bits per heavy atom. The van der Waals surface area contributed by atoms with Crippen molar-refractivity contribution in [3.63, 3.8) is 0 Å². The molecule has 1 aromatic carbocycles. The number of aliphatic hydroxyl groups excluding tert-OH is 1. The zero-order valence-corrected chi connectivity index (χ0v) is 12.1. The van der Waals surface area contributed by atoms with E-state index in [-0.39, 0.29) is 18.4 Å². The lowest BCUT2D eigenvalue weighted by Crippen LogP contribution is -2.29. The molecule has 0 aliphatic carbocycles. The van der Waals surface area contributed by atoms with E-state index in [2.05, 4.69) is 10.4 Å². The number of nitrogens with one attached hydrogen (secondary N) is 1. The fourth-order valence-electron chi connectivity index (χ4n) is 1.75. The molecule has 1 aromatic heterocycles. The first-order chi connectivity index (χ1) is 10.1. The van der Waals surface area contributed by atoms with Crippen molar-refractivity contribution in [1.29, 1.82) is 0 Å². The van der Waals surface area contributed by atoms with Gasteiger partial charge in [-0.15, -0.1) is 0 Å². The maximum atomic E-state index is 11.9. The van der Waals surface area contributed by atoms with Crippen LogP contribution in [0.1, 0.15) is 17.4 Å². The van der Waals surface area contributed by atoms with Crippen LogP contribution in [0.2, 0.25) is 0 Å². The van der Waals surface area contributed by atoms with Gasteiger partial charge in [-0.2, -0.15) is 5.10 Å². The summed E-state index contributed by atoms with van der Waals surface area (Å²) in [5.41, 5.74) is 1.19. The predicted molar refractivity (Wildman–Crippen MR) is 78.7 cm³/mol. The van der Waals surface area contributed by atoms with Gasteiger partial charge >= 0.3 is 0 Å². The quantitative estimate of drug-likeness (QED) is 0.839. The monoisotopic (exact) mass is 289 g/mol. The maximum Gasteiger partial charge on any atom is 0.271 e. The third-order valence-corrected chi connectivity index (χ3v) is 3.08. The Kier molecular flexibility index (Phi) is 4.94. The number of nitrogens with zero attached hydrogens (tertiary/aromatic N) is 2. The summed E-state index contributed by atoms with van der Waals surface area (Å²) in [4.78, 5) is 11.9. The molecule has 0 bridgehead atoms. The molecule has 2 N–H and O–H groups in total. The zero-order chi connectivity index (χ0) is 15.2. The summed E-state index contributed by atoms with van der Waals surface area (Å²) in [6.45, 7) is 2.32. The number of benzene rings is 1. The average Bonchev–Trinajstić information content (AvgIpc) is 3.02. The van der Waals surface area contributed by atoms with Gasteiger partial charge in [-0.1, -0.05) is 6.92 Å². The van der Waals surface area contributed by atoms with Crippen molar-refractivity contribution in [2.75, 3.05) is 20.3 Å². The molecule has 21 heavy (non-hydrogen) atoms. The summed E-state index contributed by atoms with van der Waals surface area (Å²) in [6, 6.07) is 9.05. The molecule has 2 rings (SSSR count). The highest BCUT2D eigenvalue weighted by atomic mass is 16.5.